The fourth-order valence-electron chi connectivity index (χ4n) is 2.13. The van der Waals surface area contributed by atoms with Crippen molar-refractivity contribution in [3.63, 3.8) is 0 Å². The van der Waals surface area contributed by atoms with Crippen LogP contribution in [0.3, 0.4) is 0 Å². The van der Waals surface area contributed by atoms with Crippen molar-refractivity contribution in [1.29, 1.82) is 0 Å². The average molecular weight is 295 g/mol. The zero-order chi connectivity index (χ0) is 14.0. The van der Waals surface area contributed by atoms with Crippen molar-refractivity contribution in [1.82, 2.24) is 0 Å². The van der Waals surface area contributed by atoms with E-state index in [-0.39, 0.29) is 0 Å². The van der Waals surface area contributed by atoms with E-state index in [1.54, 1.807) is 12.1 Å². The first-order chi connectivity index (χ1) is 8.99. The van der Waals surface area contributed by atoms with Crippen molar-refractivity contribution in [2.45, 2.75) is 26.4 Å². The minimum atomic E-state index is -0.530. The summed E-state index contributed by atoms with van der Waals surface area (Å²) in [6.07, 6.45) is -0.00147. The number of rotatable bonds is 3. The molecule has 1 nitrogen and oxygen atoms in total. The third kappa shape index (κ3) is 3.30. The highest BCUT2D eigenvalue weighted by Gasteiger charge is 2.12. The van der Waals surface area contributed by atoms with Crippen LogP contribution in [0.5, 0.6) is 0 Å². The fraction of sp³-hybridized carbons (Fsp3) is 0.250. The highest BCUT2D eigenvalue weighted by molar-refractivity contribution is 6.42. The van der Waals surface area contributed by atoms with Crippen LogP contribution in [0.2, 0.25) is 10.0 Å². The maximum absolute atomic E-state index is 10.4. The van der Waals surface area contributed by atoms with E-state index < -0.39 is 6.10 Å². The Morgan fingerprint density at radius 1 is 1.05 bits per heavy atom. The molecule has 0 aliphatic heterocycles. The molecule has 0 radical (unpaired) electrons. The lowest BCUT2D eigenvalue weighted by Gasteiger charge is -2.15. The first kappa shape index (κ1) is 14.4. The van der Waals surface area contributed by atoms with Crippen molar-refractivity contribution >= 4 is 23.2 Å². The number of hydrogen-bond donors (Lipinski definition) is 1. The van der Waals surface area contributed by atoms with Gasteiger partial charge in [-0.15, -0.1) is 0 Å². The van der Waals surface area contributed by atoms with Gasteiger partial charge in [-0.25, -0.2) is 0 Å². The van der Waals surface area contributed by atoms with Crippen LogP contribution in [0.25, 0.3) is 0 Å². The van der Waals surface area contributed by atoms with Gasteiger partial charge in [0.1, 0.15) is 0 Å². The molecule has 19 heavy (non-hydrogen) atoms. The SMILES string of the molecule is Cc1cccc(C(O)Cc2ccc(Cl)c(Cl)c2)c1C. The van der Waals surface area contributed by atoms with Crippen LogP contribution < -0.4 is 0 Å². The number of benzene rings is 2. The zero-order valence-corrected chi connectivity index (χ0v) is 12.5. The van der Waals surface area contributed by atoms with Crippen LogP contribution in [-0.2, 0) is 6.42 Å². The zero-order valence-electron chi connectivity index (χ0n) is 11.0. The maximum atomic E-state index is 10.4. The Bertz CT molecular complexity index is 593. The van der Waals surface area contributed by atoms with E-state index in [4.69, 9.17) is 23.2 Å². The highest BCUT2D eigenvalue weighted by atomic mass is 35.5. The molecule has 0 aromatic heterocycles. The van der Waals surface area contributed by atoms with Crippen LogP contribution in [0.1, 0.15) is 28.4 Å². The van der Waals surface area contributed by atoms with Crippen molar-refractivity contribution in [2.75, 3.05) is 0 Å². The topological polar surface area (TPSA) is 20.2 Å². The Labute approximate surface area is 123 Å². The van der Waals surface area contributed by atoms with Gasteiger partial charge in [0.25, 0.3) is 0 Å². The molecule has 0 heterocycles. The van der Waals surface area contributed by atoms with Crippen LogP contribution in [-0.4, -0.2) is 5.11 Å². The summed E-state index contributed by atoms with van der Waals surface area (Å²) in [6.45, 7) is 4.08. The molecule has 0 spiro atoms. The van der Waals surface area contributed by atoms with E-state index >= 15 is 0 Å². The molecule has 0 aliphatic carbocycles. The quantitative estimate of drug-likeness (QED) is 0.855. The molecule has 2 aromatic carbocycles. The van der Waals surface area contributed by atoms with Gasteiger partial charge in [-0.1, -0.05) is 47.5 Å². The van der Waals surface area contributed by atoms with Gasteiger partial charge in [-0.2, -0.15) is 0 Å². The molecular weight excluding hydrogens is 279 g/mol. The fourth-order valence-corrected chi connectivity index (χ4v) is 2.46. The van der Waals surface area contributed by atoms with Crippen LogP contribution in [0.15, 0.2) is 36.4 Å². The van der Waals surface area contributed by atoms with Gasteiger partial charge in [-0.05, 0) is 48.2 Å². The molecule has 0 saturated heterocycles. The van der Waals surface area contributed by atoms with E-state index in [0.717, 1.165) is 16.7 Å². The summed E-state index contributed by atoms with van der Waals surface area (Å²) >= 11 is 11.9. The van der Waals surface area contributed by atoms with E-state index in [1.807, 2.05) is 38.1 Å². The van der Waals surface area contributed by atoms with Gasteiger partial charge in [0, 0.05) is 6.42 Å². The molecular formula is C16H16Cl2O. The molecule has 0 saturated carbocycles. The molecule has 1 unspecified atom stereocenters. The van der Waals surface area contributed by atoms with Crippen LogP contribution in [0.4, 0.5) is 0 Å². The predicted octanol–water partition coefficient (Wildman–Crippen LogP) is 4.89. The predicted molar refractivity (Wildman–Crippen MR) is 81.0 cm³/mol. The second-order valence-corrected chi connectivity index (χ2v) is 5.57. The van der Waals surface area contributed by atoms with Crippen molar-refractivity contribution in [3.8, 4) is 0 Å². The van der Waals surface area contributed by atoms with Gasteiger partial charge >= 0.3 is 0 Å². The highest BCUT2D eigenvalue weighted by Crippen LogP contribution is 2.27. The lowest BCUT2D eigenvalue weighted by Crippen LogP contribution is -2.04. The Hall–Kier alpha value is -1.02. The summed E-state index contributed by atoms with van der Waals surface area (Å²) < 4.78 is 0. The average Bonchev–Trinajstić information content (AvgIpc) is 2.37. The molecule has 0 amide bonds. The van der Waals surface area contributed by atoms with Gasteiger partial charge in [0.05, 0.1) is 16.1 Å². The molecule has 0 aliphatic rings. The lowest BCUT2D eigenvalue weighted by atomic mass is 9.95. The molecule has 1 atom stereocenters. The maximum Gasteiger partial charge on any atom is 0.0833 e. The summed E-state index contributed by atoms with van der Waals surface area (Å²) in [6, 6.07) is 11.4. The molecule has 0 bridgehead atoms. The largest absolute Gasteiger partial charge is 0.388 e. The van der Waals surface area contributed by atoms with Gasteiger partial charge in [0.15, 0.2) is 0 Å². The first-order valence-corrected chi connectivity index (χ1v) is 6.92. The monoisotopic (exact) mass is 294 g/mol. The number of halogens is 2. The normalized spacial score (nSPS) is 12.5. The molecule has 100 valence electrons. The number of aliphatic hydroxyl groups excluding tert-OH is 1. The lowest BCUT2D eigenvalue weighted by molar-refractivity contribution is 0.177. The Balaban J connectivity index is 2.23. The third-order valence-corrected chi connectivity index (χ3v) is 4.16. The summed E-state index contributed by atoms with van der Waals surface area (Å²) in [5.41, 5.74) is 4.26. The van der Waals surface area contributed by atoms with Gasteiger partial charge < -0.3 is 5.11 Å². The Kier molecular flexibility index (Phi) is 4.51. The second-order valence-electron chi connectivity index (χ2n) is 4.76. The Morgan fingerprint density at radius 3 is 2.47 bits per heavy atom. The van der Waals surface area contributed by atoms with E-state index in [2.05, 4.69) is 0 Å². The van der Waals surface area contributed by atoms with Crippen molar-refractivity contribution in [3.05, 3.63) is 68.7 Å². The van der Waals surface area contributed by atoms with E-state index in [9.17, 15) is 5.11 Å². The molecule has 0 fully saturated rings. The standard InChI is InChI=1S/C16H16Cl2O/c1-10-4-3-5-13(11(10)2)16(19)9-12-6-7-14(17)15(18)8-12/h3-8,16,19H,9H2,1-2H3. The summed E-state index contributed by atoms with van der Waals surface area (Å²) in [5, 5.41) is 11.4. The number of aliphatic hydroxyl groups is 1. The van der Waals surface area contributed by atoms with Crippen LogP contribution >= 0.6 is 23.2 Å². The van der Waals surface area contributed by atoms with E-state index in [0.29, 0.717) is 16.5 Å². The van der Waals surface area contributed by atoms with Crippen LogP contribution in [0, 0.1) is 13.8 Å². The molecule has 3 heteroatoms. The summed E-state index contributed by atoms with van der Waals surface area (Å²) in [5.74, 6) is 0. The van der Waals surface area contributed by atoms with Gasteiger partial charge in [0.2, 0.25) is 0 Å². The molecule has 2 aromatic rings. The Morgan fingerprint density at radius 2 is 1.79 bits per heavy atom. The van der Waals surface area contributed by atoms with Gasteiger partial charge in [-0.3, -0.25) is 0 Å². The molecule has 1 N–H and O–H groups in total. The van der Waals surface area contributed by atoms with Crippen molar-refractivity contribution < 1.29 is 5.11 Å². The number of aryl methyl sites for hydroxylation is 1. The third-order valence-electron chi connectivity index (χ3n) is 3.42. The number of hydrogen-bond acceptors (Lipinski definition) is 1. The summed E-state index contributed by atoms with van der Waals surface area (Å²) in [4.78, 5) is 0. The minimum Gasteiger partial charge on any atom is -0.388 e. The minimum absolute atomic E-state index is 0.521. The second kappa shape index (κ2) is 5.96. The first-order valence-electron chi connectivity index (χ1n) is 6.17. The summed E-state index contributed by atoms with van der Waals surface area (Å²) in [7, 11) is 0. The van der Waals surface area contributed by atoms with Crippen molar-refractivity contribution in [2.24, 2.45) is 0 Å². The smallest absolute Gasteiger partial charge is 0.0833 e. The molecule has 2 rings (SSSR count). The van der Waals surface area contributed by atoms with E-state index in [1.165, 1.54) is 5.56 Å².